The molecule has 37 heavy (non-hydrogen) atoms. The Balaban J connectivity index is 1.63. The minimum Gasteiger partial charge on any atom is -0.497 e. The normalized spacial score (nSPS) is 12.4. The standard InChI is InChI=1S/C26H23N7O4/c1-31(16-17-8-10-18(37-2)11-9-17)20-14-22(30-33-21(26(35)36)15-28-24(20)33)29-19-6-5-13-32(25(19)34)23-7-3-4-12-27-23/h3-15H,16H2,1-2H3,(H,29,30)(H,35,36)/i1D3. The number of methoxy groups -OCH3 is 1. The quantitative estimate of drug-likeness (QED) is 0.330. The maximum absolute atomic E-state index is 13.2. The molecule has 1 aromatic carbocycles. The molecule has 5 aromatic rings. The maximum Gasteiger partial charge on any atom is 0.356 e. The molecule has 0 aliphatic rings. The first-order chi connectivity index (χ1) is 19.2. The van der Waals surface area contributed by atoms with Gasteiger partial charge in [-0.3, -0.25) is 9.36 Å². The van der Waals surface area contributed by atoms with Crippen LogP contribution in [0.2, 0.25) is 0 Å². The number of nitrogens with zero attached hydrogens (tertiary/aromatic N) is 6. The second-order valence-corrected chi connectivity index (χ2v) is 7.94. The fourth-order valence-corrected chi connectivity index (χ4v) is 3.76. The lowest BCUT2D eigenvalue weighted by Gasteiger charge is -2.21. The number of carboxylic acid groups (broad SMARTS) is 1. The van der Waals surface area contributed by atoms with Gasteiger partial charge in [0.1, 0.15) is 17.3 Å². The van der Waals surface area contributed by atoms with Crippen molar-refractivity contribution in [2.45, 2.75) is 6.54 Å². The number of hydrogen-bond donors (Lipinski definition) is 2. The Kier molecular flexibility index (Phi) is 5.32. The van der Waals surface area contributed by atoms with Crippen LogP contribution >= 0.6 is 0 Å². The zero-order chi connectivity index (χ0) is 28.4. The Morgan fingerprint density at radius 3 is 2.70 bits per heavy atom. The molecule has 11 nitrogen and oxygen atoms in total. The van der Waals surface area contributed by atoms with Crippen LogP contribution in [-0.4, -0.2) is 49.3 Å². The van der Waals surface area contributed by atoms with Crippen molar-refractivity contribution in [3.05, 3.63) is 101 Å². The number of benzene rings is 1. The molecular weight excluding hydrogens is 474 g/mol. The third-order valence-electron chi connectivity index (χ3n) is 5.56. The van der Waals surface area contributed by atoms with Gasteiger partial charge in [0.2, 0.25) is 0 Å². The molecule has 4 aromatic heterocycles. The molecule has 0 radical (unpaired) electrons. The number of nitrogens with one attached hydrogen (secondary N) is 1. The molecular formula is C26H23N7O4. The molecule has 5 rings (SSSR count). The van der Waals surface area contributed by atoms with Gasteiger partial charge in [-0.15, -0.1) is 5.10 Å². The van der Waals surface area contributed by atoms with Gasteiger partial charge in [-0.25, -0.2) is 19.3 Å². The Morgan fingerprint density at radius 1 is 1.16 bits per heavy atom. The van der Waals surface area contributed by atoms with E-state index in [4.69, 9.17) is 8.85 Å². The van der Waals surface area contributed by atoms with Gasteiger partial charge >= 0.3 is 5.97 Å². The van der Waals surface area contributed by atoms with Gasteiger partial charge in [-0.05, 0) is 42.0 Å². The molecule has 0 spiro atoms. The lowest BCUT2D eigenvalue weighted by atomic mass is 10.2. The third kappa shape index (κ3) is 4.69. The molecule has 0 unspecified atom stereocenters. The molecule has 0 aliphatic heterocycles. The number of ether oxygens (including phenoxy) is 1. The topological polar surface area (TPSA) is 127 Å². The average molecular weight is 501 g/mol. The molecule has 11 heteroatoms. The number of fused-ring (bicyclic) bond motifs is 1. The van der Waals surface area contributed by atoms with Gasteiger partial charge in [0.15, 0.2) is 17.2 Å². The van der Waals surface area contributed by atoms with Crippen LogP contribution in [0.5, 0.6) is 5.75 Å². The van der Waals surface area contributed by atoms with Crippen LogP contribution < -0.4 is 20.5 Å². The number of carboxylic acids is 1. The molecule has 0 aliphatic carbocycles. The number of anilines is 3. The lowest BCUT2D eigenvalue weighted by Crippen LogP contribution is -2.22. The molecule has 0 saturated heterocycles. The number of aromatic nitrogens is 5. The first-order valence-corrected chi connectivity index (χ1v) is 11.1. The number of hydrogen-bond acceptors (Lipinski definition) is 8. The van der Waals surface area contributed by atoms with Gasteiger partial charge < -0.3 is 20.1 Å². The molecule has 0 amide bonds. The van der Waals surface area contributed by atoms with Crippen LogP contribution in [0.4, 0.5) is 17.2 Å². The van der Waals surface area contributed by atoms with E-state index in [1.807, 2.05) is 0 Å². The van der Waals surface area contributed by atoms with Crippen LogP contribution in [0.1, 0.15) is 20.2 Å². The Bertz CT molecular complexity index is 1740. The van der Waals surface area contributed by atoms with Gasteiger partial charge in [-0.2, -0.15) is 0 Å². The van der Waals surface area contributed by atoms with E-state index in [1.165, 1.54) is 23.8 Å². The van der Waals surface area contributed by atoms with Crippen molar-refractivity contribution in [1.82, 2.24) is 24.1 Å². The van der Waals surface area contributed by atoms with Crippen molar-refractivity contribution in [1.29, 1.82) is 0 Å². The van der Waals surface area contributed by atoms with Crippen molar-refractivity contribution in [2.75, 3.05) is 24.3 Å². The molecule has 0 bridgehead atoms. The van der Waals surface area contributed by atoms with Crippen LogP contribution in [0.3, 0.4) is 0 Å². The van der Waals surface area contributed by atoms with Crippen LogP contribution in [-0.2, 0) is 6.54 Å². The second kappa shape index (κ2) is 9.82. The summed E-state index contributed by atoms with van der Waals surface area (Å²) in [7, 11) is 1.53. The van der Waals surface area contributed by atoms with E-state index in [-0.39, 0.29) is 35.1 Å². The summed E-state index contributed by atoms with van der Waals surface area (Å²) in [4.78, 5) is 34.6. The van der Waals surface area contributed by atoms with E-state index < -0.39 is 18.5 Å². The highest BCUT2D eigenvalue weighted by molar-refractivity contribution is 5.88. The molecule has 2 N–H and O–H groups in total. The summed E-state index contributed by atoms with van der Waals surface area (Å²) in [6, 6.07) is 16.6. The number of aromatic carboxylic acids is 1. The van der Waals surface area contributed by atoms with Crippen LogP contribution in [0.25, 0.3) is 11.5 Å². The highest BCUT2D eigenvalue weighted by Gasteiger charge is 2.19. The SMILES string of the molecule is [2H]C([2H])([2H])N(Cc1ccc(OC)cc1)c1cc(Nc2cccn(-c3ccccn3)c2=O)nn2c(C(=O)O)cnc12. The Labute approximate surface area is 215 Å². The summed E-state index contributed by atoms with van der Waals surface area (Å²) >= 11 is 0. The minimum absolute atomic E-state index is 0.0199. The summed E-state index contributed by atoms with van der Waals surface area (Å²) in [5.74, 6) is -0.268. The van der Waals surface area contributed by atoms with Crippen molar-refractivity contribution in [3.63, 3.8) is 0 Å². The zero-order valence-electron chi connectivity index (χ0n) is 22.6. The number of imidazole rings is 1. The summed E-state index contributed by atoms with van der Waals surface area (Å²) in [6.45, 7) is -2.71. The van der Waals surface area contributed by atoms with Crippen LogP contribution in [0, 0.1) is 0 Å². The summed E-state index contributed by atoms with van der Waals surface area (Å²) < 4.78 is 32.3. The largest absolute Gasteiger partial charge is 0.497 e. The number of rotatable bonds is 8. The van der Waals surface area contributed by atoms with Crippen molar-refractivity contribution in [3.8, 4) is 11.6 Å². The Hall–Kier alpha value is -5.19. The first-order valence-electron chi connectivity index (χ1n) is 12.6. The predicted molar refractivity (Wildman–Crippen MR) is 138 cm³/mol. The number of carbonyl (C=O) groups is 1. The van der Waals surface area contributed by atoms with E-state index >= 15 is 0 Å². The second-order valence-electron chi connectivity index (χ2n) is 7.94. The van der Waals surface area contributed by atoms with E-state index in [0.29, 0.717) is 17.1 Å². The molecule has 0 saturated carbocycles. The minimum atomic E-state index is -2.65. The van der Waals surface area contributed by atoms with Crippen molar-refractivity contribution >= 4 is 28.8 Å². The monoisotopic (exact) mass is 500 g/mol. The highest BCUT2D eigenvalue weighted by Crippen LogP contribution is 2.26. The van der Waals surface area contributed by atoms with Crippen molar-refractivity contribution in [2.24, 2.45) is 0 Å². The predicted octanol–water partition coefficient (Wildman–Crippen LogP) is 3.36. The Morgan fingerprint density at radius 2 is 2.00 bits per heavy atom. The smallest absolute Gasteiger partial charge is 0.356 e. The maximum atomic E-state index is 13.2. The summed E-state index contributed by atoms with van der Waals surface area (Å²) in [5.41, 5.74) is 0.146. The molecule has 0 fully saturated rings. The van der Waals surface area contributed by atoms with E-state index in [2.05, 4.69) is 20.4 Å². The van der Waals surface area contributed by atoms with Crippen molar-refractivity contribution < 1.29 is 18.8 Å². The fraction of sp³-hybridized carbons (Fsp3) is 0.115. The lowest BCUT2D eigenvalue weighted by molar-refractivity contribution is 0.0688. The van der Waals surface area contributed by atoms with Gasteiger partial charge in [0.25, 0.3) is 5.56 Å². The number of pyridine rings is 2. The highest BCUT2D eigenvalue weighted by atomic mass is 16.5. The third-order valence-corrected chi connectivity index (χ3v) is 5.56. The molecule has 186 valence electrons. The molecule has 0 atom stereocenters. The van der Waals surface area contributed by atoms with Gasteiger partial charge in [0, 0.05) is 36.1 Å². The zero-order valence-corrected chi connectivity index (χ0v) is 19.6. The summed E-state index contributed by atoms with van der Waals surface area (Å²) in [6.07, 6.45) is 4.21. The van der Waals surface area contributed by atoms with E-state index in [0.717, 1.165) is 15.6 Å². The fourth-order valence-electron chi connectivity index (χ4n) is 3.76. The van der Waals surface area contributed by atoms with Gasteiger partial charge in [0.05, 0.1) is 19.0 Å². The average Bonchev–Trinajstić information content (AvgIpc) is 3.37. The van der Waals surface area contributed by atoms with E-state index in [9.17, 15) is 14.7 Å². The first kappa shape index (κ1) is 20.0. The molecule has 4 heterocycles. The summed E-state index contributed by atoms with van der Waals surface area (Å²) in [5, 5.41) is 17.0. The van der Waals surface area contributed by atoms with Gasteiger partial charge in [-0.1, -0.05) is 18.2 Å². The van der Waals surface area contributed by atoms with Crippen LogP contribution in [0.15, 0.2) is 84.0 Å². The van der Waals surface area contributed by atoms with E-state index in [1.54, 1.807) is 60.9 Å².